The molecule has 5 heteroatoms. The lowest BCUT2D eigenvalue weighted by Gasteiger charge is -2.32. The van der Waals surface area contributed by atoms with Crippen LogP contribution in [-0.4, -0.2) is 40.8 Å². The molecule has 1 aliphatic rings. The first-order chi connectivity index (χ1) is 11.6. The molecule has 0 atom stereocenters. The van der Waals surface area contributed by atoms with Gasteiger partial charge in [0.25, 0.3) is 11.8 Å². The summed E-state index contributed by atoms with van der Waals surface area (Å²) >= 11 is 0. The first-order valence-electron chi connectivity index (χ1n) is 8.21. The molecule has 0 unspecified atom stereocenters. The second kappa shape index (κ2) is 7.25. The first kappa shape index (κ1) is 16.2. The van der Waals surface area contributed by atoms with Crippen LogP contribution in [0, 0.1) is 6.92 Å². The number of likely N-dealkylation sites (tertiary alicyclic amines) is 1. The van der Waals surface area contributed by atoms with Crippen LogP contribution in [0.1, 0.15) is 39.1 Å². The second-order valence-corrected chi connectivity index (χ2v) is 6.10. The van der Waals surface area contributed by atoms with E-state index < -0.39 is 0 Å². The van der Waals surface area contributed by atoms with Gasteiger partial charge in [-0.3, -0.25) is 14.6 Å². The van der Waals surface area contributed by atoms with E-state index in [0.29, 0.717) is 18.7 Å². The van der Waals surface area contributed by atoms with Crippen LogP contribution in [-0.2, 0) is 0 Å². The number of hydrogen-bond acceptors (Lipinski definition) is 3. The number of carbonyl (C=O) groups is 2. The fourth-order valence-electron chi connectivity index (χ4n) is 2.98. The van der Waals surface area contributed by atoms with Gasteiger partial charge in [0.15, 0.2) is 0 Å². The standard InChI is InChI=1S/C19H21N3O2/c1-14-5-2-3-7-17(14)19(24)22-11-8-16(9-12-22)21-18(23)15-6-4-10-20-13-15/h2-7,10,13,16H,8-9,11-12H2,1H3,(H,21,23). The van der Waals surface area contributed by atoms with Gasteiger partial charge in [-0.25, -0.2) is 0 Å². The summed E-state index contributed by atoms with van der Waals surface area (Å²) in [4.78, 5) is 30.6. The van der Waals surface area contributed by atoms with E-state index in [2.05, 4.69) is 10.3 Å². The number of hydrogen-bond donors (Lipinski definition) is 1. The van der Waals surface area contributed by atoms with Gasteiger partial charge in [0, 0.05) is 37.1 Å². The highest BCUT2D eigenvalue weighted by molar-refractivity contribution is 5.96. The molecule has 1 aromatic heterocycles. The van der Waals surface area contributed by atoms with Gasteiger partial charge >= 0.3 is 0 Å². The van der Waals surface area contributed by atoms with Crippen LogP contribution in [0.25, 0.3) is 0 Å². The molecule has 1 N–H and O–H groups in total. The molecule has 3 rings (SSSR count). The smallest absolute Gasteiger partial charge is 0.254 e. The maximum atomic E-state index is 12.6. The third-order valence-electron chi connectivity index (χ3n) is 4.42. The largest absolute Gasteiger partial charge is 0.349 e. The van der Waals surface area contributed by atoms with E-state index in [1.807, 2.05) is 36.1 Å². The van der Waals surface area contributed by atoms with Crippen molar-refractivity contribution in [3.8, 4) is 0 Å². The number of benzene rings is 1. The summed E-state index contributed by atoms with van der Waals surface area (Å²) in [5, 5.41) is 3.03. The Morgan fingerprint density at radius 1 is 1.12 bits per heavy atom. The molecule has 0 aliphatic carbocycles. The van der Waals surface area contributed by atoms with E-state index in [9.17, 15) is 9.59 Å². The predicted octanol–water partition coefficient (Wildman–Crippen LogP) is 2.42. The SMILES string of the molecule is Cc1ccccc1C(=O)N1CCC(NC(=O)c2cccnc2)CC1. The van der Waals surface area contributed by atoms with Crippen LogP contribution in [0.2, 0.25) is 0 Å². The molecule has 1 saturated heterocycles. The third-order valence-corrected chi connectivity index (χ3v) is 4.42. The number of rotatable bonds is 3. The number of nitrogens with zero attached hydrogens (tertiary/aromatic N) is 2. The Hall–Kier alpha value is -2.69. The van der Waals surface area contributed by atoms with E-state index in [4.69, 9.17) is 0 Å². The molecule has 5 nitrogen and oxygen atoms in total. The monoisotopic (exact) mass is 323 g/mol. The third kappa shape index (κ3) is 3.62. The Balaban J connectivity index is 1.55. The van der Waals surface area contributed by atoms with E-state index in [1.54, 1.807) is 24.5 Å². The minimum atomic E-state index is -0.105. The van der Waals surface area contributed by atoms with Gasteiger partial charge in [-0.2, -0.15) is 0 Å². The zero-order valence-electron chi connectivity index (χ0n) is 13.7. The maximum Gasteiger partial charge on any atom is 0.254 e. The highest BCUT2D eigenvalue weighted by Crippen LogP contribution is 2.16. The van der Waals surface area contributed by atoms with Crippen molar-refractivity contribution in [2.24, 2.45) is 0 Å². The molecule has 2 heterocycles. The number of amides is 2. The quantitative estimate of drug-likeness (QED) is 0.943. The van der Waals surface area contributed by atoms with Crippen LogP contribution in [0.15, 0.2) is 48.8 Å². The topological polar surface area (TPSA) is 62.3 Å². The average Bonchev–Trinajstić information content (AvgIpc) is 2.63. The van der Waals surface area contributed by atoms with Crippen molar-refractivity contribution in [2.45, 2.75) is 25.8 Å². The number of pyridine rings is 1. The summed E-state index contributed by atoms with van der Waals surface area (Å²) in [7, 11) is 0. The van der Waals surface area contributed by atoms with Crippen LogP contribution in [0.5, 0.6) is 0 Å². The Kier molecular flexibility index (Phi) is 4.89. The predicted molar refractivity (Wildman–Crippen MR) is 91.8 cm³/mol. The number of piperidine rings is 1. The van der Waals surface area contributed by atoms with Crippen molar-refractivity contribution in [3.63, 3.8) is 0 Å². The first-order valence-corrected chi connectivity index (χ1v) is 8.21. The molecule has 0 spiro atoms. The van der Waals surface area contributed by atoms with Gasteiger partial charge in [0.05, 0.1) is 5.56 Å². The minimum absolute atomic E-state index is 0.0742. The summed E-state index contributed by atoms with van der Waals surface area (Å²) in [6, 6.07) is 11.2. The molecule has 1 aromatic carbocycles. The van der Waals surface area contributed by atoms with Crippen molar-refractivity contribution in [3.05, 3.63) is 65.5 Å². The van der Waals surface area contributed by atoms with E-state index in [0.717, 1.165) is 24.0 Å². The highest BCUT2D eigenvalue weighted by Gasteiger charge is 2.25. The Morgan fingerprint density at radius 2 is 1.88 bits per heavy atom. The molecule has 0 saturated carbocycles. The molecule has 0 bridgehead atoms. The lowest BCUT2D eigenvalue weighted by Crippen LogP contribution is -2.46. The van der Waals surface area contributed by atoms with Gasteiger partial charge in [0.2, 0.25) is 0 Å². The second-order valence-electron chi connectivity index (χ2n) is 6.10. The van der Waals surface area contributed by atoms with E-state index >= 15 is 0 Å². The zero-order valence-corrected chi connectivity index (χ0v) is 13.7. The highest BCUT2D eigenvalue weighted by atomic mass is 16.2. The summed E-state index contributed by atoms with van der Waals surface area (Å²) in [6.45, 7) is 3.27. The van der Waals surface area contributed by atoms with E-state index in [-0.39, 0.29) is 17.9 Å². The van der Waals surface area contributed by atoms with Crippen molar-refractivity contribution < 1.29 is 9.59 Å². The summed E-state index contributed by atoms with van der Waals surface area (Å²) in [5.41, 5.74) is 2.32. The lowest BCUT2D eigenvalue weighted by atomic mass is 10.0. The minimum Gasteiger partial charge on any atom is -0.349 e. The van der Waals surface area contributed by atoms with E-state index in [1.165, 1.54) is 0 Å². The molecule has 1 aliphatic heterocycles. The molecule has 1 fully saturated rings. The molecular formula is C19H21N3O2. The average molecular weight is 323 g/mol. The number of aromatic nitrogens is 1. The number of nitrogens with one attached hydrogen (secondary N) is 1. The van der Waals surface area contributed by atoms with Crippen LogP contribution in [0.3, 0.4) is 0 Å². The van der Waals surface area contributed by atoms with Crippen molar-refractivity contribution >= 4 is 11.8 Å². The van der Waals surface area contributed by atoms with Gasteiger partial charge < -0.3 is 10.2 Å². The Morgan fingerprint density at radius 3 is 2.54 bits per heavy atom. The summed E-state index contributed by atoms with van der Waals surface area (Å²) in [5.74, 6) is -0.0306. The van der Waals surface area contributed by atoms with Crippen molar-refractivity contribution in [1.82, 2.24) is 15.2 Å². The maximum absolute atomic E-state index is 12.6. The van der Waals surface area contributed by atoms with Gasteiger partial charge in [0.1, 0.15) is 0 Å². The lowest BCUT2D eigenvalue weighted by molar-refractivity contribution is 0.0697. The van der Waals surface area contributed by atoms with Crippen molar-refractivity contribution in [2.75, 3.05) is 13.1 Å². The fraction of sp³-hybridized carbons (Fsp3) is 0.316. The normalized spacial score (nSPS) is 15.1. The van der Waals surface area contributed by atoms with Crippen LogP contribution >= 0.6 is 0 Å². The molecule has 2 amide bonds. The number of aryl methyl sites for hydroxylation is 1. The molecular weight excluding hydrogens is 302 g/mol. The Bertz CT molecular complexity index is 722. The molecule has 24 heavy (non-hydrogen) atoms. The summed E-state index contributed by atoms with van der Waals surface area (Å²) in [6.07, 6.45) is 4.74. The van der Waals surface area contributed by atoms with Gasteiger partial charge in [-0.1, -0.05) is 18.2 Å². The fourth-order valence-corrected chi connectivity index (χ4v) is 2.98. The Labute approximate surface area is 141 Å². The zero-order chi connectivity index (χ0) is 16.9. The molecule has 0 radical (unpaired) electrons. The van der Waals surface area contributed by atoms with Crippen LogP contribution < -0.4 is 5.32 Å². The van der Waals surface area contributed by atoms with Crippen molar-refractivity contribution in [1.29, 1.82) is 0 Å². The van der Waals surface area contributed by atoms with Gasteiger partial charge in [-0.05, 0) is 43.5 Å². The summed E-state index contributed by atoms with van der Waals surface area (Å²) < 4.78 is 0. The van der Waals surface area contributed by atoms with Crippen LogP contribution in [0.4, 0.5) is 0 Å². The molecule has 124 valence electrons. The number of carbonyl (C=O) groups excluding carboxylic acids is 2. The van der Waals surface area contributed by atoms with Gasteiger partial charge in [-0.15, -0.1) is 0 Å². The molecule has 2 aromatic rings.